The molecule has 1 aliphatic rings. The molecule has 3 heterocycles. The summed E-state index contributed by atoms with van der Waals surface area (Å²) < 4.78 is 2.14. The molecule has 142 valence electrons. The van der Waals surface area contributed by atoms with E-state index in [1.54, 1.807) is 12.2 Å². The van der Waals surface area contributed by atoms with E-state index in [1.165, 1.54) is 21.0 Å². The molecule has 0 aliphatic carbocycles. The zero-order valence-electron chi connectivity index (χ0n) is 15.9. The summed E-state index contributed by atoms with van der Waals surface area (Å²) in [7, 11) is 0. The number of allylic oxidation sites excluding steroid dienone is 3. The van der Waals surface area contributed by atoms with E-state index in [0.717, 1.165) is 26.1 Å². The highest BCUT2D eigenvalue weighted by Crippen LogP contribution is 2.35. The number of nitrogens with zero attached hydrogens (tertiary/aromatic N) is 3. The van der Waals surface area contributed by atoms with Crippen LogP contribution in [0.1, 0.15) is 29.9 Å². The normalized spacial score (nSPS) is 15.1. The van der Waals surface area contributed by atoms with Gasteiger partial charge in [-0.3, -0.25) is 4.90 Å². The van der Waals surface area contributed by atoms with Gasteiger partial charge in [0.15, 0.2) is 0 Å². The standard InChI is InChI=1S/C21H26N4OS/c1-4-9-16(5-2)23-21(26)22-14-18-17-10-13-24(6-3)15-19(17)27-20(18)25-11-7-8-12-25/h4-5,7-9,11-12H,2,6,10,13-15H2,1,3H3,(H,22,26)/b9-4-,23-16?. The van der Waals surface area contributed by atoms with E-state index in [0.29, 0.717) is 12.3 Å². The van der Waals surface area contributed by atoms with Gasteiger partial charge in [-0.2, -0.15) is 4.99 Å². The van der Waals surface area contributed by atoms with Gasteiger partial charge in [0.1, 0.15) is 5.00 Å². The van der Waals surface area contributed by atoms with Crippen LogP contribution < -0.4 is 5.32 Å². The van der Waals surface area contributed by atoms with E-state index >= 15 is 0 Å². The molecule has 2 aromatic rings. The fraction of sp³-hybridized carbons (Fsp3) is 0.333. The molecule has 0 radical (unpaired) electrons. The zero-order chi connectivity index (χ0) is 19.2. The van der Waals surface area contributed by atoms with E-state index in [-0.39, 0.29) is 6.03 Å². The molecule has 0 spiro atoms. The fourth-order valence-electron chi connectivity index (χ4n) is 3.28. The highest BCUT2D eigenvalue weighted by atomic mass is 32.1. The fourth-order valence-corrected chi connectivity index (χ4v) is 4.66. The first-order valence-corrected chi connectivity index (χ1v) is 10.1. The van der Waals surface area contributed by atoms with Crippen LogP contribution in [0.2, 0.25) is 0 Å². The molecule has 0 aromatic carbocycles. The Kier molecular flexibility index (Phi) is 6.42. The van der Waals surface area contributed by atoms with Gasteiger partial charge in [0.05, 0.1) is 5.71 Å². The number of likely N-dealkylation sites (N-methyl/N-ethyl adjacent to an activating group) is 1. The van der Waals surface area contributed by atoms with Gasteiger partial charge in [0.2, 0.25) is 0 Å². The number of aliphatic imine (C=N–C) groups is 1. The largest absolute Gasteiger partial charge is 0.341 e. The third kappa shape index (κ3) is 4.46. The topological polar surface area (TPSA) is 49.6 Å². The summed E-state index contributed by atoms with van der Waals surface area (Å²) in [5.41, 5.74) is 3.15. The van der Waals surface area contributed by atoms with Crippen molar-refractivity contribution in [2.45, 2.75) is 33.4 Å². The van der Waals surface area contributed by atoms with E-state index in [2.05, 4.69) is 45.7 Å². The molecule has 1 N–H and O–H groups in total. The monoisotopic (exact) mass is 382 g/mol. The Labute approximate surface area is 164 Å². The van der Waals surface area contributed by atoms with Gasteiger partial charge in [-0.05, 0) is 49.7 Å². The van der Waals surface area contributed by atoms with Crippen molar-refractivity contribution in [1.29, 1.82) is 0 Å². The van der Waals surface area contributed by atoms with Gasteiger partial charge in [-0.25, -0.2) is 4.79 Å². The quantitative estimate of drug-likeness (QED) is 0.756. The minimum Gasteiger partial charge on any atom is -0.332 e. The molecule has 0 saturated carbocycles. The summed E-state index contributed by atoms with van der Waals surface area (Å²) in [6, 6.07) is 3.71. The van der Waals surface area contributed by atoms with E-state index in [9.17, 15) is 4.79 Å². The van der Waals surface area contributed by atoms with E-state index < -0.39 is 0 Å². The van der Waals surface area contributed by atoms with Crippen molar-refractivity contribution in [2.24, 2.45) is 4.99 Å². The van der Waals surface area contributed by atoms with Gasteiger partial charge < -0.3 is 9.88 Å². The summed E-state index contributed by atoms with van der Waals surface area (Å²) in [6.07, 6.45) is 10.3. The highest BCUT2D eigenvalue weighted by Gasteiger charge is 2.24. The number of thiophene rings is 1. The minimum atomic E-state index is -0.340. The molecule has 27 heavy (non-hydrogen) atoms. The molecule has 2 amide bonds. The van der Waals surface area contributed by atoms with Crippen LogP contribution >= 0.6 is 11.3 Å². The lowest BCUT2D eigenvalue weighted by atomic mass is 10.0. The second-order valence-corrected chi connectivity index (χ2v) is 7.48. The maximum Gasteiger partial charge on any atom is 0.341 e. The maximum atomic E-state index is 12.3. The first-order chi connectivity index (χ1) is 13.2. The van der Waals surface area contributed by atoms with Crippen molar-refractivity contribution < 1.29 is 4.79 Å². The average Bonchev–Trinajstić information content (AvgIpc) is 3.32. The molecule has 6 heteroatoms. The third-order valence-electron chi connectivity index (χ3n) is 4.70. The number of fused-ring (bicyclic) bond motifs is 1. The molecular formula is C21H26N4OS. The Hall–Kier alpha value is -2.44. The van der Waals surface area contributed by atoms with Crippen LogP contribution in [-0.2, 0) is 19.5 Å². The second-order valence-electron chi connectivity index (χ2n) is 6.40. The number of hydrogen-bond donors (Lipinski definition) is 1. The van der Waals surface area contributed by atoms with Gasteiger partial charge >= 0.3 is 6.03 Å². The van der Waals surface area contributed by atoms with Crippen molar-refractivity contribution in [3.63, 3.8) is 0 Å². The lowest BCUT2D eigenvalue weighted by Crippen LogP contribution is -2.30. The van der Waals surface area contributed by atoms with Crippen LogP contribution in [0.3, 0.4) is 0 Å². The number of aromatic nitrogens is 1. The predicted molar refractivity (Wildman–Crippen MR) is 113 cm³/mol. The van der Waals surface area contributed by atoms with Gasteiger partial charge in [-0.15, -0.1) is 11.3 Å². The van der Waals surface area contributed by atoms with Crippen LogP contribution in [0.15, 0.2) is 54.3 Å². The number of hydrogen-bond acceptors (Lipinski definition) is 3. The summed E-state index contributed by atoms with van der Waals surface area (Å²) >= 11 is 1.82. The summed E-state index contributed by atoms with van der Waals surface area (Å²) in [6.45, 7) is 11.4. The smallest absolute Gasteiger partial charge is 0.332 e. The molecular weight excluding hydrogens is 356 g/mol. The molecule has 2 aromatic heterocycles. The summed E-state index contributed by atoms with van der Waals surface area (Å²) in [4.78, 5) is 20.2. The number of urea groups is 1. The Morgan fingerprint density at radius 3 is 2.85 bits per heavy atom. The van der Waals surface area contributed by atoms with Crippen molar-refractivity contribution in [3.05, 3.63) is 65.3 Å². The SMILES string of the molecule is C=CC(/C=C\C)=NC(=O)NCc1c(-n2cccc2)sc2c1CCN(CC)C2. The molecule has 0 saturated heterocycles. The first-order valence-electron chi connectivity index (χ1n) is 9.27. The van der Waals surface area contributed by atoms with Crippen LogP contribution in [-0.4, -0.2) is 34.3 Å². The second kappa shape index (κ2) is 8.97. The van der Waals surface area contributed by atoms with Gasteiger partial charge in [-0.1, -0.05) is 19.6 Å². The number of nitrogens with one attached hydrogen (secondary N) is 1. The van der Waals surface area contributed by atoms with Crippen LogP contribution in [0.5, 0.6) is 0 Å². The van der Waals surface area contributed by atoms with Crippen molar-refractivity contribution >= 4 is 23.1 Å². The number of carbonyl (C=O) groups is 1. The summed E-state index contributed by atoms with van der Waals surface area (Å²) in [5.74, 6) is 0. The van der Waals surface area contributed by atoms with Crippen molar-refractivity contribution in [3.8, 4) is 5.00 Å². The maximum absolute atomic E-state index is 12.3. The van der Waals surface area contributed by atoms with Crippen LogP contribution in [0.25, 0.3) is 5.00 Å². The molecule has 3 rings (SSSR count). The number of amides is 2. The van der Waals surface area contributed by atoms with Gasteiger partial charge in [0, 0.05) is 42.5 Å². The Balaban J connectivity index is 1.85. The first kappa shape index (κ1) is 19.3. The van der Waals surface area contributed by atoms with Crippen molar-refractivity contribution in [2.75, 3.05) is 13.1 Å². The lowest BCUT2D eigenvalue weighted by Gasteiger charge is -2.25. The molecule has 1 aliphatic heterocycles. The molecule has 0 bridgehead atoms. The minimum absolute atomic E-state index is 0.340. The van der Waals surface area contributed by atoms with E-state index in [4.69, 9.17) is 0 Å². The predicted octanol–water partition coefficient (Wildman–Crippen LogP) is 4.33. The van der Waals surface area contributed by atoms with Crippen molar-refractivity contribution in [1.82, 2.24) is 14.8 Å². The molecule has 5 nitrogen and oxygen atoms in total. The molecule has 0 fully saturated rings. The highest BCUT2D eigenvalue weighted by molar-refractivity contribution is 7.14. The third-order valence-corrected chi connectivity index (χ3v) is 5.98. The Morgan fingerprint density at radius 1 is 1.41 bits per heavy atom. The van der Waals surface area contributed by atoms with Crippen LogP contribution in [0, 0.1) is 0 Å². The van der Waals surface area contributed by atoms with Crippen LogP contribution in [0.4, 0.5) is 4.79 Å². The summed E-state index contributed by atoms with van der Waals surface area (Å²) in [5, 5.41) is 4.14. The zero-order valence-corrected chi connectivity index (χ0v) is 16.8. The average molecular weight is 383 g/mol. The lowest BCUT2D eigenvalue weighted by molar-refractivity contribution is 0.249. The molecule has 0 unspecified atom stereocenters. The Morgan fingerprint density at radius 2 is 2.19 bits per heavy atom. The number of carbonyl (C=O) groups excluding carboxylic acids is 1. The number of rotatable bonds is 6. The van der Waals surface area contributed by atoms with E-state index in [1.807, 2.05) is 36.5 Å². The Bertz CT molecular complexity index is 861. The molecule has 0 atom stereocenters. The van der Waals surface area contributed by atoms with Gasteiger partial charge in [0.25, 0.3) is 0 Å².